The summed E-state index contributed by atoms with van der Waals surface area (Å²) in [5.41, 5.74) is 0.339. The van der Waals surface area contributed by atoms with Gasteiger partial charge in [0.05, 0.1) is 11.7 Å². The van der Waals surface area contributed by atoms with Crippen LogP contribution in [0.4, 0.5) is 4.39 Å². The number of hydrogen-bond donors (Lipinski definition) is 0. The number of likely N-dealkylation sites (N-methyl/N-ethyl adjacent to an activating group) is 1. The van der Waals surface area contributed by atoms with Crippen molar-refractivity contribution in [2.45, 2.75) is 43.4 Å². The van der Waals surface area contributed by atoms with E-state index in [0.717, 1.165) is 12.8 Å². The summed E-state index contributed by atoms with van der Waals surface area (Å²) in [6.07, 6.45) is 4.22. The molecule has 0 N–H and O–H groups in total. The van der Waals surface area contributed by atoms with Crippen molar-refractivity contribution in [1.82, 2.24) is 4.90 Å². The van der Waals surface area contributed by atoms with Gasteiger partial charge < -0.3 is 4.90 Å². The molecule has 6 heteroatoms. The van der Waals surface area contributed by atoms with Gasteiger partial charge in [-0.1, -0.05) is 31.0 Å². The van der Waals surface area contributed by atoms with E-state index in [1.165, 1.54) is 17.2 Å². The molecule has 0 saturated heterocycles. The summed E-state index contributed by atoms with van der Waals surface area (Å²) in [6, 6.07) is 5.85. The molecule has 1 aliphatic rings. The zero-order chi connectivity index (χ0) is 16.3. The zero-order valence-corrected chi connectivity index (χ0v) is 13.8. The second-order valence-electron chi connectivity index (χ2n) is 5.99. The Balaban J connectivity index is 2.13. The van der Waals surface area contributed by atoms with Crippen LogP contribution in [-0.2, 0) is 21.1 Å². The predicted octanol–water partition coefficient (Wildman–Crippen LogP) is 2.18. The van der Waals surface area contributed by atoms with Gasteiger partial charge in [0.2, 0.25) is 5.91 Å². The summed E-state index contributed by atoms with van der Waals surface area (Å²) in [4.78, 5) is 13.9. The number of benzene rings is 1. The Hall–Kier alpha value is -1.43. The van der Waals surface area contributed by atoms with Gasteiger partial charge in [0.1, 0.15) is 5.82 Å². The van der Waals surface area contributed by atoms with Crippen LogP contribution in [-0.4, -0.2) is 43.8 Å². The summed E-state index contributed by atoms with van der Waals surface area (Å²) < 4.78 is 37.5. The number of carbonyl (C=O) groups is 1. The van der Waals surface area contributed by atoms with Gasteiger partial charge in [-0.3, -0.25) is 4.79 Å². The van der Waals surface area contributed by atoms with Gasteiger partial charge in [-0.25, -0.2) is 12.8 Å². The fourth-order valence-electron chi connectivity index (χ4n) is 3.13. The normalized spacial score (nSPS) is 22.3. The fourth-order valence-corrected chi connectivity index (χ4v) is 4.62. The highest BCUT2D eigenvalue weighted by molar-refractivity contribution is 7.91. The SMILES string of the molecule is CN(C(=O)Cc1ccccc1F)[C@@H]1CCCC[C@H]1S(C)(=O)=O. The maximum atomic E-state index is 13.7. The highest BCUT2D eigenvalue weighted by Crippen LogP contribution is 2.28. The van der Waals surface area contributed by atoms with E-state index in [9.17, 15) is 17.6 Å². The first-order valence-corrected chi connectivity index (χ1v) is 9.44. The lowest BCUT2D eigenvalue weighted by Gasteiger charge is -2.37. The van der Waals surface area contributed by atoms with Crippen molar-refractivity contribution in [2.24, 2.45) is 0 Å². The van der Waals surface area contributed by atoms with E-state index in [-0.39, 0.29) is 18.4 Å². The molecule has 0 spiro atoms. The topological polar surface area (TPSA) is 54.5 Å². The number of amides is 1. The first kappa shape index (κ1) is 16.9. The molecule has 4 nitrogen and oxygen atoms in total. The molecule has 0 heterocycles. The molecule has 1 aromatic rings. The largest absolute Gasteiger partial charge is 0.341 e. The van der Waals surface area contributed by atoms with Gasteiger partial charge >= 0.3 is 0 Å². The van der Waals surface area contributed by atoms with Crippen LogP contribution in [0.1, 0.15) is 31.2 Å². The maximum Gasteiger partial charge on any atom is 0.227 e. The summed E-state index contributed by atoms with van der Waals surface area (Å²) in [5, 5.41) is -0.518. The van der Waals surface area contributed by atoms with E-state index < -0.39 is 20.9 Å². The van der Waals surface area contributed by atoms with Crippen molar-refractivity contribution in [1.29, 1.82) is 0 Å². The van der Waals surface area contributed by atoms with Crippen LogP contribution in [0.2, 0.25) is 0 Å². The number of rotatable bonds is 4. The number of nitrogens with zero attached hydrogens (tertiary/aromatic N) is 1. The Morgan fingerprint density at radius 2 is 1.91 bits per heavy atom. The molecule has 0 radical (unpaired) electrons. The molecular formula is C16H22FNO3S. The van der Waals surface area contributed by atoms with E-state index in [1.807, 2.05) is 0 Å². The van der Waals surface area contributed by atoms with Gasteiger partial charge in [0, 0.05) is 19.3 Å². The third-order valence-corrected chi connectivity index (χ3v) is 6.06. The Kier molecular flexibility index (Phi) is 5.21. The monoisotopic (exact) mass is 327 g/mol. The first-order chi connectivity index (χ1) is 10.3. The van der Waals surface area contributed by atoms with Crippen LogP contribution < -0.4 is 0 Å². The molecule has 2 atom stereocenters. The average Bonchev–Trinajstić information content (AvgIpc) is 2.48. The van der Waals surface area contributed by atoms with E-state index in [1.54, 1.807) is 25.2 Å². The molecule has 0 aromatic heterocycles. The minimum Gasteiger partial charge on any atom is -0.341 e. The number of halogens is 1. The van der Waals surface area contributed by atoms with Gasteiger partial charge in [-0.05, 0) is 24.5 Å². The summed E-state index contributed by atoms with van der Waals surface area (Å²) in [5.74, 6) is -0.654. The van der Waals surface area contributed by atoms with E-state index in [4.69, 9.17) is 0 Å². The van der Waals surface area contributed by atoms with Crippen LogP contribution in [0, 0.1) is 5.82 Å². The Morgan fingerprint density at radius 1 is 1.27 bits per heavy atom. The third-order valence-electron chi connectivity index (χ3n) is 4.41. The van der Waals surface area contributed by atoms with Crippen molar-refractivity contribution < 1.29 is 17.6 Å². The molecule has 0 bridgehead atoms. The van der Waals surface area contributed by atoms with Gasteiger partial charge in [-0.2, -0.15) is 0 Å². The first-order valence-electron chi connectivity index (χ1n) is 7.48. The molecule has 1 aliphatic carbocycles. The van der Waals surface area contributed by atoms with Crippen molar-refractivity contribution >= 4 is 15.7 Å². The second-order valence-corrected chi connectivity index (χ2v) is 8.26. The molecule has 0 unspecified atom stereocenters. The molecule has 1 amide bonds. The van der Waals surface area contributed by atoms with Crippen LogP contribution in [0.15, 0.2) is 24.3 Å². The Morgan fingerprint density at radius 3 is 2.55 bits per heavy atom. The number of hydrogen-bond acceptors (Lipinski definition) is 3. The van der Waals surface area contributed by atoms with Gasteiger partial charge in [0.15, 0.2) is 9.84 Å². The zero-order valence-electron chi connectivity index (χ0n) is 13.0. The van der Waals surface area contributed by atoms with Crippen molar-refractivity contribution in [3.8, 4) is 0 Å². The summed E-state index contributed by atoms with van der Waals surface area (Å²) in [7, 11) is -1.58. The quantitative estimate of drug-likeness (QED) is 0.852. The van der Waals surface area contributed by atoms with Crippen molar-refractivity contribution in [2.75, 3.05) is 13.3 Å². The second kappa shape index (κ2) is 6.77. The Labute approximate surface area is 131 Å². The van der Waals surface area contributed by atoms with Gasteiger partial charge in [0.25, 0.3) is 0 Å². The van der Waals surface area contributed by atoms with E-state index in [0.29, 0.717) is 18.4 Å². The van der Waals surface area contributed by atoms with Crippen LogP contribution in [0.5, 0.6) is 0 Å². The van der Waals surface area contributed by atoms with E-state index >= 15 is 0 Å². The van der Waals surface area contributed by atoms with Crippen LogP contribution in [0.25, 0.3) is 0 Å². The van der Waals surface area contributed by atoms with Crippen molar-refractivity contribution in [3.63, 3.8) is 0 Å². The molecule has 1 saturated carbocycles. The molecular weight excluding hydrogens is 305 g/mol. The molecule has 1 fully saturated rings. The third kappa shape index (κ3) is 3.85. The molecule has 1 aromatic carbocycles. The number of sulfone groups is 1. The summed E-state index contributed by atoms with van der Waals surface area (Å²) >= 11 is 0. The maximum absolute atomic E-state index is 13.7. The minimum absolute atomic E-state index is 0.0455. The Bertz CT molecular complexity index is 645. The molecule has 2 rings (SSSR count). The number of carbonyl (C=O) groups excluding carboxylic acids is 1. The smallest absolute Gasteiger partial charge is 0.227 e. The highest BCUT2D eigenvalue weighted by atomic mass is 32.2. The lowest BCUT2D eigenvalue weighted by molar-refractivity contribution is -0.131. The summed E-state index contributed by atoms with van der Waals surface area (Å²) in [6.45, 7) is 0. The molecule has 0 aliphatic heterocycles. The van der Waals surface area contributed by atoms with Gasteiger partial charge in [-0.15, -0.1) is 0 Å². The molecule has 22 heavy (non-hydrogen) atoms. The van der Waals surface area contributed by atoms with Crippen LogP contribution in [0.3, 0.4) is 0 Å². The van der Waals surface area contributed by atoms with Crippen molar-refractivity contribution in [3.05, 3.63) is 35.6 Å². The van der Waals surface area contributed by atoms with Crippen LogP contribution >= 0.6 is 0 Å². The lowest BCUT2D eigenvalue weighted by atomic mass is 9.93. The predicted molar refractivity (Wildman–Crippen MR) is 83.8 cm³/mol. The average molecular weight is 327 g/mol. The minimum atomic E-state index is -3.20. The standard InChI is InChI=1S/C16H22FNO3S/c1-18(14-9-5-6-10-15(14)22(2,20)21)16(19)11-12-7-3-4-8-13(12)17/h3-4,7-8,14-15H,5-6,9-11H2,1-2H3/t14-,15-/m1/s1. The highest BCUT2D eigenvalue weighted by Gasteiger charge is 2.36. The van der Waals surface area contributed by atoms with E-state index in [2.05, 4.69) is 0 Å². The fraction of sp³-hybridized carbons (Fsp3) is 0.562. The lowest BCUT2D eigenvalue weighted by Crippen LogP contribution is -2.49. The molecule has 122 valence electrons.